The van der Waals surface area contributed by atoms with Gasteiger partial charge in [0.05, 0.1) is 33.1 Å². The maximum Gasteiger partial charge on any atom is 0.319 e. The fraction of sp³-hybridized carbons (Fsp3) is 0.316. The van der Waals surface area contributed by atoms with E-state index in [0.29, 0.717) is 35.9 Å². The number of anilines is 1. The molecule has 0 aliphatic heterocycles. The zero-order chi connectivity index (χ0) is 18.9. The molecule has 3 N–H and O–H groups in total. The molecule has 7 heteroatoms. The molecule has 0 saturated heterocycles. The number of methoxy groups -OCH3 is 3. The van der Waals surface area contributed by atoms with Crippen molar-refractivity contribution in [3.8, 4) is 17.2 Å². The molecule has 0 saturated carbocycles. The fourth-order valence-corrected chi connectivity index (χ4v) is 2.49. The first-order valence-corrected chi connectivity index (χ1v) is 8.17. The number of amides is 2. The molecule has 1 atom stereocenters. The number of carbonyl (C=O) groups excluding carboxylic acids is 1. The lowest BCUT2D eigenvalue weighted by atomic mass is 10.1. The smallest absolute Gasteiger partial charge is 0.319 e. The number of benzene rings is 2. The van der Waals surface area contributed by atoms with Gasteiger partial charge in [-0.1, -0.05) is 30.3 Å². The van der Waals surface area contributed by atoms with Crippen LogP contribution in [0, 0.1) is 0 Å². The highest BCUT2D eigenvalue weighted by Gasteiger charge is 2.14. The fourth-order valence-electron chi connectivity index (χ4n) is 2.49. The van der Waals surface area contributed by atoms with Gasteiger partial charge in [0.2, 0.25) is 5.75 Å². The normalized spacial score (nSPS) is 11.4. The first-order chi connectivity index (χ1) is 12.6. The minimum atomic E-state index is -0.627. The lowest BCUT2D eigenvalue weighted by molar-refractivity contribution is 0.167. The third kappa shape index (κ3) is 5.03. The Morgan fingerprint density at radius 2 is 1.65 bits per heavy atom. The SMILES string of the molecule is COc1cc(NC(=O)NCCC(O)c2ccccc2)cc(OC)c1OC. The van der Waals surface area contributed by atoms with E-state index in [1.807, 2.05) is 30.3 Å². The Balaban J connectivity index is 1.91. The minimum Gasteiger partial charge on any atom is -0.493 e. The molecule has 0 aromatic heterocycles. The van der Waals surface area contributed by atoms with Gasteiger partial charge in [0.1, 0.15) is 0 Å². The first-order valence-electron chi connectivity index (χ1n) is 8.17. The average Bonchev–Trinajstić information content (AvgIpc) is 2.67. The molecule has 7 nitrogen and oxygen atoms in total. The summed E-state index contributed by atoms with van der Waals surface area (Å²) in [5.74, 6) is 1.34. The second-order valence-corrected chi connectivity index (χ2v) is 5.51. The van der Waals surface area contributed by atoms with Crippen LogP contribution in [0.1, 0.15) is 18.1 Å². The lowest BCUT2D eigenvalue weighted by Gasteiger charge is -2.15. The summed E-state index contributed by atoms with van der Waals surface area (Å²) in [5, 5.41) is 15.5. The molecule has 1 unspecified atom stereocenters. The summed E-state index contributed by atoms with van der Waals surface area (Å²) in [6, 6.07) is 12.2. The van der Waals surface area contributed by atoms with Crippen molar-refractivity contribution in [3.05, 3.63) is 48.0 Å². The van der Waals surface area contributed by atoms with Gasteiger partial charge >= 0.3 is 6.03 Å². The van der Waals surface area contributed by atoms with Crippen molar-refractivity contribution < 1.29 is 24.1 Å². The highest BCUT2D eigenvalue weighted by Crippen LogP contribution is 2.39. The molecular formula is C19H24N2O5. The van der Waals surface area contributed by atoms with E-state index in [1.54, 1.807) is 12.1 Å². The second kappa shape index (κ2) is 9.53. The number of aliphatic hydroxyl groups is 1. The number of hydrogen-bond acceptors (Lipinski definition) is 5. The van der Waals surface area contributed by atoms with Gasteiger partial charge < -0.3 is 30.0 Å². The van der Waals surface area contributed by atoms with Gasteiger partial charge in [-0.15, -0.1) is 0 Å². The third-order valence-electron chi connectivity index (χ3n) is 3.81. The molecular weight excluding hydrogens is 336 g/mol. The molecule has 0 radical (unpaired) electrons. The molecule has 2 aromatic carbocycles. The largest absolute Gasteiger partial charge is 0.493 e. The summed E-state index contributed by atoms with van der Waals surface area (Å²) in [7, 11) is 4.52. The van der Waals surface area contributed by atoms with E-state index in [1.165, 1.54) is 21.3 Å². The predicted molar refractivity (Wildman–Crippen MR) is 99.1 cm³/mol. The number of rotatable bonds is 8. The third-order valence-corrected chi connectivity index (χ3v) is 3.81. The molecule has 0 aliphatic carbocycles. The Bertz CT molecular complexity index is 696. The highest BCUT2D eigenvalue weighted by atomic mass is 16.5. The summed E-state index contributed by atoms with van der Waals surface area (Å²) in [6.07, 6.45) is -0.218. The molecule has 0 heterocycles. The Morgan fingerprint density at radius 1 is 1.04 bits per heavy atom. The van der Waals surface area contributed by atoms with Crippen LogP contribution in [0.4, 0.5) is 10.5 Å². The van der Waals surface area contributed by atoms with Crippen molar-refractivity contribution >= 4 is 11.7 Å². The Labute approximate surface area is 152 Å². The minimum absolute atomic E-state index is 0.326. The molecule has 2 rings (SSSR count). The number of hydrogen-bond donors (Lipinski definition) is 3. The summed E-state index contributed by atoms with van der Waals surface area (Å²) < 4.78 is 15.8. The number of carbonyl (C=O) groups is 1. The Kier molecular flexibility index (Phi) is 7.11. The van der Waals surface area contributed by atoms with Crippen LogP contribution in [-0.4, -0.2) is 39.0 Å². The standard InChI is InChI=1S/C19H24N2O5/c1-24-16-11-14(12-17(25-2)18(16)26-3)21-19(23)20-10-9-15(22)13-7-5-4-6-8-13/h4-8,11-12,15,22H,9-10H2,1-3H3,(H2,20,21,23). The van der Waals surface area contributed by atoms with Crippen LogP contribution in [-0.2, 0) is 0 Å². The molecule has 0 fully saturated rings. The van der Waals surface area contributed by atoms with Gasteiger partial charge in [0, 0.05) is 18.7 Å². The van der Waals surface area contributed by atoms with Gasteiger partial charge in [0.25, 0.3) is 0 Å². The monoisotopic (exact) mass is 360 g/mol. The second-order valence-electron chi connectivity index (χ2n) is 5.51. The van der Waals surface area contributed by atoms with Crippen molar-refractivity contribution in [2.75, 3.05) is 33.2 Å². The summed E-state index contributed by atoms with van der Waals surface area (Å²) in [5.41, 5.74) is 1.32. The van der Waals surface area contributed by atoms with E-state index in [0.717, 1.165) is 5.56 Å². The molecule has 0 bridgehead atoms. The molecule has 0 aliphatic rings. The van der Waals surface area contributed by atoms with Gasteiger partial charge in [-0.3, -0.25) is 0 Å². The lowest BCUT2D eigenvalue weighted by Crippen LogP contribution is -2.30. The van der Waals surface area contributed by atoms with Gasteiger partial charge in [0.15, 0.2) is 11.5 Å². The van der Waals surface area contributed by atoms with Crippen LogP contribution in [0.25, 0.3) is 0 Å². The van der Waals surface area contributed by atoms with Crippen molar-refractivity contribution in [1.29, 1.82) is 0 Å². The number of ether oxygens (including phenoxy) is 3. The van der Waals surface area contributed by atoms with Gasteiger partial charge in [-0.25, -0.2) is 4.79 Å². The predicted octanol–water partition coefficient (Wildman–Crippen LogP) is 2.96. The molecule has 2 aromatic rings. The summed E-state index contributed by atoms with van der Waals surface area (Å²) in [4.78, 5) is 12.1. The van der Waals surface area contributed by atoms with Crippen molar-refractivity contribution in [1.82, 2.24) is 5.32 Å². The zero-order valence-corrected chi connectivity index (χ0v) is 15.1. The average molecular weight is 360 g/mol. The summed E-state index contributed by atoms with van der Waals surface area (Å²) >= 11 is 0. The van der Waals surface area contributed by atoms with E-state index in [-0.39, 0.29) is 6.03 Å². The topological polar surface area (TPSA) is 89.1 Å². The van der Waals surface area contributed by atoms with Crippen LogP contribution in [0.3, 0.4) is 0 Å². The van der Waals surface area contributed by atoms with E-state index in [4.69, 9.17) is 14.2 Å². The number of aliphatic hydroxyl groups excluding tert-OH is 1. The summed E-state index contributed by atoms with van der Waals surface area (Å²) in [6.45, 7) is 0.326. The molecule has 140 valence electrons. The van der Waals surface area contributed by atoms with Crippen molar-refractivity contribution in [3.63, 3.8) is 0 Å². The van der Waals surface area contributed by atoms with Gasteiger partial charge in [-0.2, -0.15) is 0 Å². The van der Waals surface area contributed by atoms with E-state index in [9.17, 15) is 9.90 Å². The maximum absolute atomic E-state index is 12.1. The molecule has 26 heavy (non-hydrogen) atoms. The van der Waals surface area contributed by atoms with Gasteiger partial charge in [-0.05, 0) is 12.0 Å². The highest BCUT2D eigenvalue weighted by molar-refractivity contribution is 5.90. The number of nitrogens with one attached hydrogen (secondary N) is 2. The van der Waals surface area contributed by atoms with E-state index in [2.05, 4.69) is 10.6 Å². The van der Waals surface area contributed by atoms with E-state index >= 15 is 0 Å². The van der Waals surface area contributed by atoms with Crippen LogP contribution in [0.15, 0.2) is 42.5 Å². The van der Waals surface area contributed by atoms with Crippen LogP contribution in [0.2, 0.25) is 0 Å². The van der Waals surface area contributed by atoms with E-state index < -0.39 is 6.10 Å². The van der Waals surface area contributed by atoms with Crippen LogP contribution in [0.5, 0.6) is 17.2 Å². The first kappa shape index (κ1) is 19.4. The maximum atomic E-state index is 12.1. The van der Waals surface area contributed by atoms with Crippen molar-refractivity contribution in [2.45, 2.75) is 12.5 Å². The molecule has 0 spiro atoms. The van der Waals surface area contributed by atoms with Crippen LogP contribution < -0.4 is 24.8 Å². The number of urea groups is 1. The zero-order valence-electron chi connectivity index (χ0n) is 15.1. The quantitative estimate of drug-likeness (QED) is 0.673. The Morgan fingerprint density at radius 3 is 2.19 bits per heavy atom. The Hall–Kier alpha value is -2.93. The van der Waals surface area contributed by atoms with Crippen LogP contribution >= 0.6 is 0 Å². The molecule has 2 amide bonds. The van der Waals surface area contributed by atoms with Crippen molar-refractivity contribution in [2.24, 2.45) is 0 Å².